The largest absolute Gasteiger partial charge is 0.245 e. The second-order valence-corrected chi connectivity index (χ2v) is 7.79. The third-order valence-corrected chi connectivity index (χ3v) is 6.24. The monoisotopic (exact) mass is 358 g/mol. The van der Waals surface area contributed by atoms with Crippen LogP contribution in [-0.2, 0) is 6.42 Å². The Morgan fingerprint density at radius 1 is 0.786 bits per heavy atom. The molecule has 133 valence electrons. The van der Waals surface area contributed by atoms with Gasteiger partial charge in [-0.05, 0) is 64.6 Å². The first-order chi connectivity index (χ1) is 13.9. The number of aromatic nitrogens is 1. The Morgan fingerprint density at radius 2 is 1.75 bits per heavy atom. The second-order valence-electron chi connectivity index (χ2n) is 7.79. The fourth-order valence-corrected chi connectivity index (χ4v) is 4.86. The molecule has 0 N–H and O–H groups in total. The molecule has 4 aromatic rings. The quantitative estimate of drug-likeness (QED) is 0.360. The summed E-state index contributed by atoms with van der Waals surface area (Å²) in [6.07, 6.45) is 12.6. The summed E-state index contributed by atoms with van der Waals surface area (Å²) in [5.74, 6) is 0. The van der Waals surface area contributed by atoms with Crippen LogP contribution in [0.4, 0.5) is 0 Å². The van der Waals surface area contributed by atoms with Gasteiger partial charge in [-0.25, -0.2) is 4.98 Å². The standard InChI is InChI=1S/C27H20N/c1-2-8-20-17-28-27(16-19(20)7-1)26-11-5-10-22-24-13-12-18-6-3-4-9-21(18)23(24)14-15-25(22)26/h1-2,4-5,7-11,14-16H,3,6,12-13H2. The zero-order chi connectivity index (χ0) is 18.5. The van der Waals surface area contributed by atoms with Crippen molar-refractivity contribution in [2.45, 2.75) is 25.7 Å². The van der Waals surface area contributed by atoms with Gasteiger partial charge in [0.2, 0.25) is 0 Å². The van der Waals surface area contributed by atoms with Gasteiger partial charge in [0.15, 0.2) is 0 Å². The second kappa shape index (κ2) is 6.17. The molecule has 0 aliphatic heterocycles. The molecule has 1 heteroatoms. The van der Waals surface area contributed by atoms with Crippen LogP contribution in [0.3, 0.4) is 0 Å². The molecule has 1 radical (unpaired) electrons. The molecule has 2 aliphatic carbocycles. The minimum absolute atomic E-state index is 0.998. The van der Waals surface area contributed by atoms with E-state index in [0.29, 0.717) is 0 Å². The highest BCUT2D eigenvalue weighted by atomic mass is 14.7. The SMILES string of the molecule is [c]1nc(-c2cccc3c4c(ccc23)C2=C(CCC=C2)CC4)cc2ccccc12. The lowest BCUT2D eigenvalue weighted by atomic mass is 9.79. The van der Waals surface area contributed by atoms with Gasteiger partial charge in [-0.3, -0.25) is 0 Å². The normalized spacial score (nSPS) is 15.7. The molecule has 28 heavy (non-hydrogen) atoms. The molecule has 0 atom stereocenters. The van der Waals surface area contributed by atoms with E-state index in [1.807, 2.05) is 6.07 Å². The predicted octanol–water partition coefficient (Wildman–Crippen LogP) is 6.90. The number of nitrogens with zero attached hydrogens (tertiary/aromatic N) is 1. The molecule has 0 fully saturated rings. The zero-order valence-electron chi connectivity index (χ0n) is 15.7. The Labute approximate surface area is 165 Å². The number of allylic oxidation sites excluding steroid dienone is 4. The predicted molar refractivity (Wildman–Crippen MR) is 117 cm³/mol. The van der Waals surface area contributed by atoms with E-state index in [0.717, 1.165) is 17.5 Å². The fourth-order valence-electron chi connectivity index (χ4n) is 4.86. The van der Waals surface area contributed by atoms with E-state index in [4.69, 9.17) is 0 Å². The summed E-state index contributed by atoms with van der Waals surface area (Å²) in [6.45, 7) is 0. The van der Waals surface area contributed by atoms with Crippen LogP contribution in [0, 0.1) is 6.20 Å². The fraction of sp³-hybridized carbons (Fsp3) is 0.148. The Hall–Kier alpha value is -3.19. The molecule has 1 aromatic heterocycles. The molecular weight excluding hydrogens is 338 g/mol. The van der Waals surface area contributed by atoms with E-state index in [-0.39, 0.29) is 0 Å². The number of aryl methyl sites for hydroxylation is 1. The van der Waals surface area contributed by atoms with Crippen molar-refractivity contribution < 1.29 is 0 Å². The molecule has 1 nitrogen and oxygen atoms in total. The summed E-state index contributed by atoms with van der Waals surface area (Å²) in [7, 11) is 0. The van der Waals surface area contributed by atoms with Gasteiger partial charge < -0.3 is 0 Å². The van der Waals surface area contributed by atoms with Crippen LogP contribution in [-0.4, -0.2) is 4.98 Å². The molecule has 3 aromatic carbocycles. The van der Waals surface area contributed by atoms with Crippen molar-refractivity contribution in [1.29, 1.82) is 0 Å². The molecule has 0 saturated carbocycles. The minimum atomic E-state index is 0.998. The molecule has 0 spiro atoms. The first kappa shape index (κ1) is 15.8. The highest BCUT2D eigenvalue weighted by Crippen LogP contribution is 2.41. The van der Waals surface area contributed by atoms with Crippen LogP contribution < -0.4 is 0 Å². The summed E-state index contributed by atoms with van der Waals surface area (Å²) < 4.78 is 0. The molecule has 6 rings (SSSR count). The summed E-state index contributed by atoms with van der Waals surface area (Å²) in [4.78, 5) is 4.66. The molecular formula is C27H20N. The Bertz CT molecular complexity index is 1310. The maximum absolute atomic E-state index is 4.66. The van der Waals surface area contributed by atoms with Crippen LogP contribution in [0.2, 0.25) is 0 Å². The van der Waals surface area contributed by atoms with Crippen molar-refractivity contribution in [2.75, 3.05) is 0 Å². The summed E-state index contributed by atoms with van der Waals surface area (Å²) in [5.41, 5.74) is 8.22. The number of fused-ring (bicyclic) bond motifs is 5. The van der Waals surface area contributed by atoms with Gasteiger partial charge in [-0.1, -0.05) is 72.3 Å². The number of benzene rings is 3. The Kier molecular flexibility index (Phi) is 3.49. The van der Waals surface area contributed by atoms with E-state index in [1.165, 1.54) is 57.7 Å². The van der Waals surface area contributed by atoms with Gasteiger partial charge in [0.1, 0.15) is 0 Å². The Morgan fingerprint density at radius 3 is 2.75 bits per heavy atom. The van der Waals surface area contributed by atoms with Crippen LogP contribution in [0.5, 0.6) is 0 Å². The lowest BCUT2D eigenvalue weighted by Gasteiger charge is -2.25. The smallest absolute Gasteiger partial charge is 0.0978 e. The van der Waals surface area contributed by atoms with Crippen molar-refractivity contribution in [3.8, 4) is 11.3 Å². The minimum Gasteiger partial charge on any atom is -0.245 e. The van der Waals surface area contributed by atoms with Crippen LogP contribution in [0.15, 0.2) is 78.4 Å². The molecule has 0 bridgehead atoms. The van der Waals surface area contributed by atoms with Gasteiger partial charge in [0.05, 0.1) is 11.9 Å². The van der Waals surface area contributed by atoms with Gasteiger partial charge >= 0.3 is 0 Å². The highest BCUT2D eigenvalue weighted by Gasteiger charge is 2.21. The average Bonchev–Trinajstić information content (AvgIpc) is 2.78. The van der Waals surface area contributed by atoms with Crippen LogP contribution in [0.25, 0.3) is 38.4 Å². The van der Waals surface area contributed by atoms with Crippen molar-refractivity contribution >= 4 is 27.1 Å². The maximum Gasteiger partial charge on any atom is 0.0978 e. The maximum atomic E-state index is 4.66. The zero-order valence-corrected chi connectivity index (χ0v) is 15.7. The molecule has 0 saturated heterocycles. The van der Waals surface area contributed by atoms with Crippen LogP contribution >= 0.6 is 0 Å². The van der Waals surface area contributed by atoms with E-state index < -0.39 is 0 Å². The number of hydrogen-bond donors (Lipinski definition) is 0. The molecule has 0 unspecified atom stereocenters. The van der Waals surface area contributed by atoms with Crippen LogP contribution in [0.1, 0.15) is 30.4 Å². The topological polar surface area (TPSA) is 12.9 Å². The van der Waals surface area contributed by atoms with E-state index in [9.17, 15) is 0 Å². The van der Waals surface area contributed by atoms with E-state index >= 15 is 0 Å². The molecule has 1 heterocycles. The van der Waals surface area contributed by atoms with E-state index in [2.05, 4.69) is 77.9 Å². The van der Waals surface area contributed by atoms with Crippen molar-refractivity contribution in [2.24, 2.45) is 0 Å². The number of pyridine rings is 1. The van der Waals surface area contributed by atoms with Gasteiger partial charge in [0, 0.05) is 10.9 Å². The van der Waals surface area contributed by atoms with Crippen molar-refractivity contribution in [3.63, 3.8) is 0 Å². The van der Waals surface area contributed by atoms with Crippen molar-refractivity contribution in [1.82, 2.24) is 4.98 Å². The number of hydrogen-bond acceptors (Lipinski definition) is 1. The van der Waals surface area contributed by atoms with Gasteiger partial charge in [0.25, 0.3) is 0 Å². The summed E-state index contributed by atoms with van der Waals surface area (Å²) >= 11 is 0. The number of rotatable bonds is 1. The average molecular weight is 358 g/mol. The van der Waals surface area contributed by atoms with Gasteiger partial charge in [-0.2, -0.15) is 0 Å². The third-order valence-electron chi connectivity index (χ3n) is 6.24. The molecule has 2 aliphatic rings. The van der Waals surface area contributed by atoms with Crippen molar-refractivity contribution in [3.05, 3.63) is 95.7 Å². The first-order valence-electron chi connectivity index (χ1n) is 10.1. The first-order valence-corrected chi connectivity index (χ1v) is 10.1. The molecule has 0 amide bonds. The summed E-state index contributed by atoms with van der Waals surface area (Å²) in [5, 5.41) is 4.91. The summed E-state index contributed by atoms with van der Waals surface area (Å²) in [6, 6.07) is 21.8. The van der Waals surface area contributed by atoms with E-state index in [1.54, 1.807) is 5.57 Å². The highest BCUT2D eigenvalue weighted by molar-refractivity contribution is 6.02. The van der Waals surface area contributed by atoms with Gasteiger partial charge in [-0.15, -0.1) is 0 Å². The Balaban J connectivity index is 1.57. The third kappa shape index (κ3) is 2.36. The lowest BCUT2D eigenvalue weighted by Crippen LogP contribution is -2.07. The lowest BCUT2D eigenvalue weighted by molar-refractivity contribution is 0.831.